The molecule has 29 heavy (non-hydrogen) atoms. The van der Waals surface area contributed by atoms with E-state index in [1.54, 1.807) is 17.5 Å². The van der Waals surface area contributed by atoms with Crippen LogP contribution in [-0.2, 0) is 19.4 Å². The minimum atomic E-state index is -0.237. The molecule has 3 aromatic heterocycles. The second-order valence-electron chi connectivity index (χ2n) is 6.76. The van der Waals surface area contributed by atoms with Gasteiger partial charge in [-0.1, -0.05) is 18.2 Å². The summed E-state index contributed by atoms with van der Waals surface area (Å²) in [6.45, 7) is 0.263. The first-order chi connectivity index (χ1) is 14.2. The molecule has 1 aromatic carbocycles. The lowest BCUT2D eigenvalue weighted by Gasteiger charge is -2.02. The van der Waals surface area contributed by atoms with E-state index in [0.29, 0.717) is 11.4 Å². The SMILES string of the molecule is O=C(NCc1cccc(=O)[nH]1)c1csc(CCCCc2nc3ccccc3[nH]2)n1. The van der Waals surface area contributed by atoms with Crippen LogP contribution in [0.15, 0.2) is 52.6 Å². The number of nitrogens with zero attached hydrogens (tertiary/aromatic N) is 2. The zero-order chi connectivity index (χ0) is 20.1. The number of aromatic amines is 2. The van der Waals surface area contributed by atoms with Crippen LogP contribution in [0.4, 0.5) is 0 Å². The fourth-order valence-corrected chi connectivity index (χ4v) is 3.91. The fourth-order valence-electron chi connectivity index (χ4n) is 3.09. The van der Waals surface area contributed by atoms with Crippen molar-refractivity contribution in [3.63, 3.8) is 0 Å². The largest absolute Gasteiger partial charge is 0.345 e. The molecule has 0 fully saturated rings. The Morgan fingerprint density at radius 1 is 1.00 bits per heavy atom. The lowest BCUT2D eigenvalue weighted by molar-refractivity contribution is 0.0946. The Kier molecular flexibility index (Phi) is 5.81. The van der Waals surface area contributed by atoms with Gasteiger partial charge in [-0.05, 0) is 37.5 Å². The molecule has 0 radical (unpaired) electrons. The maximum Gasteiger partial charge on any atom is 0.271 e. The van der Waals surface area contributed by atoms with E-state index >= 15 is 0 Å². The third-order valence-electron chi connectivity index (χ3n) is 4.55. The summed E-state index contributed by atoms with van der Waals surface area (Å²) < 4.78 is 0. The first kappa shape index (κ1) is 19.1. The molecular weight excluding hydrogens is 386 g/mol. The van der Waals surface area contributed by atoms with Gasteiger partial charge < -0.3 is 15.3 Å². The molecule has 0 aliphatic carbocycles. The molecule has 4 rings (SSSR count). The van der Waals surface area contributed by atoms with Crippen LogP contribution in [0.3, 0.4) is 0 Å². The number of carbonyl (C=O) groups excluding carboxylic acids is 1. The normalized spacial score (nSPS) is 11.0. The Hall–Kier alpha value is -3.26. The number of aryl methyl sites for hydroxylation is 2. The molecule has 3 heterocycles. The van der Waals surface area contributed by atoms with Crippen molar-refractivity contribution in [2.24, 2.45) is 0 Å². The van der Waals surface area contributed by atoms with Gasteiger partial charge >= 0.3 is 0 Å². The third-order valence-corrected chi connectivity index (χ3v) is 5.45. The van der Waals surface area contributed by atoms with Crippen LogP contribution in [0.25, 0.3) is 11.0 Å². The monoisotopic (exact) mass is 407 g/mol. The Morgan fingerprint density at radius 2 is 1.86 bits per heavy atom. The summed E-state index contributed by atoms with van der Waals surface area (Å²) in [5.74, 6) is 0.767. The molecule has 3 N–H and O–H groups in total. The number of fused-ring (bicyclic) bond motifs is 1. The molecule has 0 aliphatic rings. The van der Waals surface area contributed by atoms with Crippen LogP contribution in [-0.4, -0.2) is 25.8 Å². The van der Waals surface area contributed by atoms with Crippen LogP contribution >= 0.6 is 11.3 Å². The predicted molar refractivity (Wildman–Crippen MR) is 113 cm³/mol. The topological polar surface area (TPSA) is 104 Å². The first-order valence-electron chi connectivity index (χ1n) is 9.52. The highest BCUT2D eigenvalue weighted by Gasteiger charge is 2.11. The molecule has 8 heteroatoms. The van der Waals surface area contributed by atoms with Crippen molar-refractivity contribution in [1.29, 1.82) is 0 Å². The zero-order valence-corrected chi connectivity index (χ0v) is 16.6. The van der Waals surface area contributed by atoms with Gasteiger partial charge in [0.1, 0.15) is 11.5 Å². The Labute approximate surface area is 171 Å². The Bertz CT molecular complexity index is 1140. The zero-order valence-electron chi connectivity index (χ0n) is 15.8. The third kappa shape index (κ3) is 4.97. The second kappa shape index (κ2) is 8.83. The van der Waals surface area contributed by atoms with E-state index in [0.717, 1.165) is 47.5 Å². The van der Waals surface area contributed by atoms with Crippen molar-refractivity contribution in [3.05, 3.63) is 80.4 Å². The lowest BCUT2D eigenvalue weighted by atomic mass is 10.2. The van der Waals surface area contributed by atoms with Crippen molar-refractivity contribution in [3.8, 4) is 0 Å². The molecule has 0 aliphatic heterocycles. The smallest absolute Gasteiger partial charge is 0.271 e. The molecule has 7 nitrogen and oxygen atoms in total. The molecule has 0 unspecified atom stereocenters. The summed E-state index contributed by atoms with van der Waals surface area (Å²) in [4.78, 5) is 38.6. The number of carbonyl (C=O) groups is 1. The van der Waals surface area contributed by atoms with Crippen LogP contribution < -0.4 is 10.9 Å². The number of amides is 1. The maximum atomic E-state index is 12.2. The number of hydrogen-bond acceptors (Lipinski definition) is 5. The number of pyridine rings is 1. The molecule has 0 spiro atoms. The highest BCUT2D eigenvalue weighted by atomic mass is 32.1. The van der Waals surface area contributed by atoms with E-state index in [9.17, 15) is 9.59 Å². The Morgan fingerprint density at radius 3 is 2.72 bits per heavy atom. The quantitative estimate of drug-likeness (QED) is 0.390. The molecule has 0 atom stereocenters. The van der Waals surface area contributed by atoms with Gasteiger partial charge in [-0.25, -0.2) is 9.97 Å². The molecule has 0 saturated carbocycles. The highest BCUT2D eigenvalue weighted by molar-refractivity contribution is 7.09. The van der Waals surface area contributed by atoms with Gasteiger partial charge in [0.05, 0.1) is 22.6 Å². The van der Waals surface area contributed by atoms with Crippen LogP contribution in [0.5, 0.6) is 0 Å². The number of para-hydroxylation sites is 2. The number of unbranched alkanes of at least 4 members (excludes halogenated alkanes) is 1. The van der Waals surface area contributed by atoms with Crippen molar-refractivity contribution < 1.29 is 4.79 Å². The average Bonchev–Trinajstić information content (AvgIpc) is 3.36. The van der Waals surface area contributed by atoms with Crippen molar-refractivity contribution in [2.75, 3.05) is 0 Å². The van der Waals surface area contributed by atoms with Crippen LogP contribution in [0.2, 0.25) is 0 Å². The second-order valence-corrected chi connectivity index (χ2v) is 7.70. The fraction of sp³-hybridized carbons (Fsp3) is 0.238. The van der Waals surface area contributed by atoms with E-state index in [1.807, 2.05) is 24.3 Å². The number of thiazole rings is 1. The number of benzene rings is 1. The van der Waals surface area contributed by atoms with E-state index in [4.69, 9.17) is 0 Å². The number of imidazole rings is 1. The lowest BCUT2D eigenvalue weighted by Crippen LogP contribution is -2.24. The minimum absolute atomic E-state index is 0.185. The van der Waals surface area contributed by atoms with Gasteiger partial charge in [0, 0.05) is 23.6 Å². The number of H-pyrrole nitrogens is 2. The van der Waals surface area contributed by atoms with Gasteiger partial charge in [-0.3, -0.25) is 9.59 Å². The van der Waals surface area contributed by atoms with E-state index in [-0.39, 0.29) is 18.0 Å². The highest BCUT2D eigenvalue weighted by Crippen LogP contribution is 2.15. The standard InChI is InChI=1S/C21H21N5O2S/c27-19-10-5-6-14(23-19)12-22-21(28)17-13-29-20(26-17)11-4-3-9-18-24-15-7-1-2-8-16(15)25-18/h1-2,5-8,10,13H,3-4,9,11-12H2,(H,22,28)(H,23,27)(H,24,25). The summed E-state index contributed by atoms with van der Waals surface area (Å²) in [6, 6.07) is 12.9. The first-order valence-corrected chi connectivity index (χ1v) is 10.4. The van der Waals surface area contributed by atoms with Gasteiger partial charge in [0.25, 0.3) is 5.91 Å². The van der Waals surface area contributed by atoms with E-state index in [2.05, 4.69) is 25.3 Å². The number of rotatable bonds is 8. The summed E-state index contributed by atoms with van der Waals surface area (Å²) in [5.41, 5.74) is 2.96. The van der Waals surface area contributed by atoms with Crippen molar-refractivity contribution in [2.45, 2.75) is 32.2 Å². The van der Waals surface area contributed by atoms with Gasteiger partial charge in [-0.2, -0.15) is 0 Å². The number of nitrogens with one attached hydrogen (secondary N) is 3. The van der Waals surface area contributed by atoms with Gasteiger partial charge in [-0.15, -0.1) is 11.3 Å². The molecule has 1 amide bonds. The van der Waals surface area contributed by atoms with Crippen molar-refractivity contribution >= 4 is 28.3 Å². The molecule has 0 saturated heterocycles. The van der Waals surface area contributed by atoms with E-state index < -0.39 is 0 Å². The van der Waals surface area contributed by atoms with Crippen molar-refractivity contribution in [1.82, 2.24) is 25.3 Å². The summed E-state index contributed by atoms with van der Waals surface area (Å²) in [5, 5.41) is 5.51. The number of hydrogen-bond donors (Lipinski definition) is 3. The van der Waals surface area contributed by atoms with Gasteiger partial charge in [0.2, 0.25) is 5.56 Å². The summed E-state index contributed by atoms with van der Waals surface area (Å²) in [6.07, 6.45) is 3.71. The molecule has 148 valence electrons. The average molecular weight is 407 g/mol. The maximum absolute atomic E-state index is 12.2. The van der Waals surface area contributed by atoms with Crippen LogP contribution in [0, 0.1) is 0 Å². The predicted octanol–water partition coefficient (Wildman–Crippen LogP) is 3.20. The summed E-state index contributed by atoms with van der Waals surface area (Å²) in [7, 11) is 0. The minimum Gasteiger partial charge on any atom is -0.345 e. The summed E-state index contributed by atoms with van der Waals surface area (Å²) >= 11 is 1.50. The van der Waals surface area contributed by atoms with Gasteiger partial charge in [0.15, 0.2) is 0 Å². The molecular formula is C21H21N5O2S. The number of aromatic nitrogens is 4. The van der Waals surface area contributed by atoms with E-state index in [1.165, 1.54) is 17.4 Å². The Balaban J connectivity index is 1.23. The molecule has 4 aromatic rings. The van der Waals surface area contributed by atoms with Crippen LogP contribution in [0.1, 0.15) is 39.9 Å². The molecule has 0 bridgehead atoms.